The first kappa shape index (κ1) is 19.4. The van der Waals surface area contributed by atoms with Crippen LogP contribution in [0.2, 0.25) is 0 Å². The lowest BCUT2D eigenvalue weighted by Crippen LogP contribution is -2.43. The zero-order chi connectivity index (χ0) is 19.8. The van der Waals surface area contributed by atoms with Gasteiger partial charge in [0.25, 0.3) is 0 Å². The van der Waals surface area contributed by atoms with E-state index in [0.29, 0.717) is 5.88 Å². The second-order valence-corrected chi connectivity index (χ2v) is 8.36. The molecular formula is C19H21BrN2O5. The summed E-state index contributed by atoms with van der Waals surface area (Å²) in [5, 5.41) is 11.3. The van der Waals surface area contributed by atoms with E-state index in [4.69, 9.17) is 9.47 Å². The molecule has 2 heterocycles. The van der Waals surface area contributed by atoms with Gasteiger partial charge in [-0.05, 0) is 44.4 Å². The molecule has 1 aliphatic rings. The highest BCUT2D eigenvalue weighted by Crippen LogP contribution is 2.30. The third-order valence-electron chi connectivity index (χ3n) is 4.15. The summed E-state index contributed by atoms with van der Waals surface area (Å²) < 4.78 is 12.2. The molecule has 7 nitrogen and oxygen atoms in total. The van der Waals surface area contributed by atoms with Gasteiger partial charge in [0, 0.05) is 22.5 Å². The zero-order valence-corrected chi connectivity index (χ0v) is 16.9. The summed E-state index contributed by atoms with van der Waals surface area (Å²) in [4.78, 5) is 29.5. The van der Waals surface area contributed by atoms with Gasteiger partial charge in [0.15, 0.2) is 0 Å². The van der Waals surface area contributed by atoms with Gasteiger partial charge in [0.2, 0.25) is 5.88 Å². The molecule has 1 N–H and O–H groups in total. The molecule has 0 spiro atoms. The Hall–Kier alpha value is -2.35. The Morgan fingerprint density at radius 2 is 2.04 bits per heavy atom. The van der Waals surface area contributed by atoms with Gasteiger partial charge in [-0.3, -0.25) is 4.90 Å². The number of nitrogens with zero attached hydrogens (tertiary/aromatic N) is 2. The number of aliphatic carboxylic acids is 1. The first-order valence-corrected chi connectivity index (χ1v) is 9.37. The van der Waals surface area contributed by atoms with E-state index in [9.17, 15) is 14.7 Å². The van der Waals surface area contributed by atoms with E-state index in [0.717, 1.165) is 15.2 Å². The molecule has 1 aromatic carbocycles. The minimum absolute atomic E-state index is 0.123. The van der Waals surface area contributed by atoms with Crippen LogP contribution in [0, 0.1) is 0 Å². The topological polar surface area (TPSA) is 89.0 Å². The molecule has 144 valence electrons. The quantitative estimate of drug-likeness (QED) is 0.785. The fourth-order valence-corrected chi connectivity index (χ4v) is 3.37. The van der Waals surface area contributed by atoms with E-state index in [1.165, 1.54) is 4.90 Å². The Morgan fingerprint density at radius 3 is 2.70 bits per heavy atom. The monoisotopic (exact) mass is 436 g/mol. The second-order valence-electron chi connectivity index (χ2n) is 7.44. The number of ether oxygens (including phenoxy) is 2. The molecule has 1 fully saturated rings. The van der Waals surface area contributed by atoms with Crippen molar-refractivity contribution in [3.63, 3.8) is 0 Å². The minimum Gasteiger partial charge on any atom is -0.480 e. The molecule has 0 radical (unpaired) electrons. The summed E-state index contributed by atoms with van der Waals surface area (Å²) in [6, 6.07) is 6.64. The lowest BCUT2D eigenvalue weighted by atomic mass is 10.1. The van der Waals surface area contributed by atoms with E-state index in [2.05, 4.69) is 20.9 Å². The number of carbonyl (C=O) groups is 2. The van der Waals surface area contributed by atoms with Crippen LogP contribution < -0.4 is 4.74 Å². The van der Waals surface area contributed by atoms with Crippen LogP contribution in [-0.2, 0) is 9.53 Å². The highest BCUT2D eigenvalue weighted by atomic mass is 79.9. The second kappa shape index (κ2) is 7.34. The van der Waals surface area contributed by atoms with E-state index in [1.807, 2.05) is 24.3 Å². The van der Waals surface area contributed by atoms with Crippen molar-refractivity contribution in [2.24, 2.45) is 0 Å². The lowest BCUT2D eigenvalue weighted by Gasteiger charge is -2.26. The van der Waals surface area contributed by atoms with Gasteiger partial charge in [0.05, 0.1) is 6.54 Å². The fraction of sp³-hybridized carbons (Fsp3) is 0.421. The number of fused-ring (bicyclic) bond motifs is 1. The Balaban J connectivity index is 1.82. The fourth-order valence-electron chi connectivity index (χ4n) is 3.00. The molecule has 8 heteroatoms. The van der Waals surface area contributed by atoms with Crippen LogP contribution in [0.25, 0.3) is 10.8 Å². The molecule has 3 rings (SSSR count). The molecule has 1 aromatic heterocycles. The molecule has 2 atom stereocenters. The predicted molar refractivity (Wildman–Crippen MR) is 103 cm³/mol. The number of benzene rings is 1. The number of hydrogen-bond acceptors (Lipinski definition) is 5. The maximum atomic E-state index is 12.4. The third kappa shape index (κ3) is 4.50. The number of carbonyl (C=O) groups excluding carboxylic acids is 1. The van der Waals surface area contributed by atoms with Crippen LogP contribution in [0.15, 0.2) is 34.9 Å². The van der Waals surface area contributed by atoms with Crippen molar-refractivity contribution in [1.82, 2.24) is 9.88 Å². The largest absolute Gasteiger partial charge is 0.480 e. The summed E-state index contributed by atoms with van der Waals surface area (Å²) in [5.74, 6) is -0.672. The molecule has 0 saturated carbocycles. The highest BCUT2D eigenvalue weighted by Gasteiger charge is 2.42. The summed E-state index contributed by atoms with van der Waals surface area (Å²) >= 11 is 3.43. The van der Waals surface area contributed by atoms with Gasteiger partial charge in [-0.2, -0.15) is 0 Å². The first-order valence-electron chi connectivity index (χ1n) is 8.57. The van der Waals surface area contributed by atoms with Crippen LogP contribution >= 0.6 is 15.9 Å². The van der Waals surface area contributed by atoms with Crippen molar-refractivity contribution >= 4 is 38.8 Å². The van der Waals surface area contributed by atoms with Gasteiger partial charge < -0.3 is 14.6 Å². The molecule has 1 amide bonds. The molecule has 0 aliphatic carbocycles. The number of carboxylic acids is 1. The average molecular weight is 437 g/mol. The maximum absolute atomic E-state index is 12.4. The van der Waals surface area contributed by atoms with Gasteiger partial charge in [0.1, 0.15) is 17.7 Å². The Kier molecular flexibility index (Phi) is 5.28. The molecule has 0 unspecified atom stereocenters. The average Bonchev–Trinajstić information content (AvgIpc) is 2.98. The maximum Gasteiger partial charge on any atom is 0.411 e. The van der Waals surface area contributed by atoms with Crippen molar-refractivity contribution in [3.8, 4) is 5.88 Å². The SMILES string of the molecule is CC(C)(C)OC(=O)N1C[C@H](Oc2nccc3ccc(Br)cc23)C[C@H]1C(=O)O. The van der Waals surface area contributed by atoms with E-state index < -0.39 is 29.8 Å². The number of pyridine rings is 1. The number of hydrogen-bond donors (Lipinski definition) is 1. The normalized spacial score (nSPS) is 19.9. The van der Waals surface area contributed by atoms with E-state index in [1.54, 1.807) is 27.0 Å². The van der Waals surface area contributed by atoms with Crippen molar-refractivity contribution in [2.45, 2.75) is 44.9 Å². The van der Waals surface area contributed by atoms with E-state index in [-0.39, 0.29) is 13.0 Å². The van der Waals surface area contributed by atoms with Crippen molar-refractivity contribution < 1.29 is 24.2 Å². The third-order valence-corrected chi connectivity index (χ3v) is 4.64. The van der Waals surface area contributed by atoms with Crippen LogP contribution in [0.3, 0.4) is 0 Å². The summed E-state index contributed by atoms with van der Waals surface area (Å²) in [6.45, 7) is 5.34. The summed E-state index contributed by atoms with van der Waals surface area (Å²) in [6.07, 6.45) is 0.659. The molecule has 1 aliphatic heterocycles. The molecule has 1 saturated heterocycles. The van der Waals surface area contributed by atoms with Gasteiger partial charge in [-0.1, -0.05) is 22.0 Å². The Bertz CT molecular complexity index is 880. The molecular weight excluding hydrogens is 416 g/mol. The standard InChI is InChI=1S/C19H21BrN2O5/c1-19(2,3)27-18(25)22-10-13(9-15(22)17(23)24)26-16-14-8-12(20)5-4-11(14)6-7-21-16/h4-8,13,15H,9-10H2,1-3H3,(H,23,24)/t13-,15+/m1/s1. The number of halogens is 1. The minimum atomic E-state index is -1.08. The van der Waals surface area contributed by atoms with Crippen molar-refractivity contribution in [2.75, 3.05) is 6.54 Å². The number of rotatable bonds is 3. The number of carboxylic acid groups (broad SMARTS) is 1. The summed E-state index contributed by atoms with van der Waals surface area (Å²) in [7, 11) is 0. The predicted octanol–water partition coefficient (Wildman–Crippen LogP) is 3.84. The Morgan fingerprint density at radius 1 is 1.30 bits per heavy atom. The highest BCUT2D eigenvalue weighted by molar-refractivity contribution is 9.10. The number of aromatic nitrogens is 1. The van der Waals surface area contributed by atoms with Gasteiger partial charge in [-0.25, -0.2) is 14.6 Å². The molecule has 27 heavy (non-hydrogen) atoms. The smallest absolute Gasteiger partial charge is 0.411 e. The van der Waals surface area contributed by atoms with Crippen molar-refractivity contribution in [3.05, 3.63) is 34.9 Å². The van der Waals surface area contributed by atoms with Crippen molar-refractivity contribution in [1.29, 1.82) is 0 Å². The van der Waals surface area contributed by atoms with Gasteiger partial charge >= 0.3 is 12.1 Å². The zero-order valence-electron chi connectivity index (χ0n) is 15.3. The molecule has 0 bridgehead atoms. The first-order chi connectivity index (χ1) is 12.6. The van der Waals surface area contributed by atoms with E-state index >= 15 is 0 Å². The van der Waals surface area contributed by atoms with Crippen LogP contribution in [-0.4, -0.2) is 51.3 Å². The summed E-state index contributed by atoms with van der Waals surface area (Å²) in [5.41, 5.74) is -0.706. The van der Waals surface area contributed by atoms with Gasteiger partial charge in [-0.15, -0.1) is 0 Å². The van der Waals surface area contributed by atoms with Crippen LogP contribution in [0.5, 0.6) is 5.88 Å². The lowest BCUT2D eigenvalue weighted by molar-refractivity contribution is -0.142. The number of amides is 1. The molecule has 2 aromatic rings. The van der Waals surface area contributed by atoms with Crippen LogP contribution in [0.4, 0.5) is 4.79 Å². The van der Waals surface area contributed by atoms with Crippen LogP contribution in [0.1, 0.15) is 27.2 Å². The number of likely N-dealkylation sites (tertiary alicyclic amines) is 1. The Labute approximate surface area is 165 Å².